The Balaban J connectivity index is 1.46. The molecule has 36 heavy (non-hydrogen) atoms. The lowest BCUT2D eigenvalue weighted by Gasteiger charge is -2.36. The molecule has 0 bridgehead atoms. The molecule has 1 fully saturated rings. The third kappa shape index (κ3) is 4.87. The zero-order valence-electron chi connectivity index (χ0n) is 20.8. The first-order valence-electron chi connectivity index (χ1n) is 12.2. The fourth-order valence-corrected chi connectivity index (χ4v) is 5.05. The van der Waals surface area contributed by atoms with Crippen molar-refractivity contribution >= 4 is 38.4 Å². The van der Waals surface area contributed by atoms with Crippen molar-refractivity contribution < 1.29 is 9.18 Å². The summed E-state index contributed by atoms with van der Waals surface area (Å²) in [5, 5.41) is 0.820. The number of hydrogen-bond donors (Lipinski definition) is 0. The Bertz CT molecular complexity index is 1420. The van der Waals surface area contributed by atoms with Gasteiger partial charge >= 0.3 is 0 Å². The fraction of sp³-hybridized carbons (Fsp3) is 0.267. The van der Waals surface area contributed by atoms with E-state index in [4.69, 9.17) is 4.98 Å². The zero-order chi connectivity index (χ0) is 25.4. The molecule has 0 saturated carbocycles. The van der Waals surface area contributed by atoms with E-state index in [1.165, 1.54) is 11.6 Å². The summed E-state index contributed by atoms with van der Waals surface area (Å²) >= 11 is 3.55. The van der Waals surface area contributed by atoms with Crippen molar-refractivity contribution in [3.8, 4) is 11.3 Å². The average Bonchev–Trinajstić information content (AvgIpc) is 2.88. The summed E-state index contributed by atoms with van der Waals surface area (Å²) in [5.41, 5.74) is 5.07. The molecule has 0 aliphatic carbocycles. The number of hydrogen-bond acceptors (Lipinski definition) is 3. The van der Waals surface area contributed by atoms with Crippen molar-refractivity contribution in [2.24, 2.45) is 0 Å². The highest BCUT2D eigenvalue weighted by atomic mass is 79.9. The molecule has 184 valence electrons. The number of para-hydroxylation sites is 1. The molecule has 1 aromatic heterocycles. The Hall–Kier alpha value is -3.25. The van der Waals surface area contributed by atoms with Crippen LogP contribution in [-0.2, 0) is 5.41 Å². The number of carbonyl (C=O) groups excluding carboxylic acids is 1. The molecule has 5 rings (SSSR count). The topological polar surface area (TPSA) is 36.4 Å². The summed E-state index contributed by atoms with van der Waals surface area (Å²) in [5.74, 6) is -0.259. The van der Waals surface area contributed by atoms with Crippen LogP contribution in [0.3, 0.4) is 0 Å². The number of nitrogens with zero attached hydrogens (tertiary/aromatic N) is 3. The molecule has 0 radical (unpaired) electrons. The minimum atomic E-state index is -0.232. The lowest BCUT2D eigenvalue weighted by atomic mass is 9.86. The third-order valence-corrected chi connectivity index (χ3v) is 7.30. The number of amides is 1. The van der Waals surface area contributed by atoms with E-state index in [0.717, 1.165) is 26.6 Å². The van der Waals surface area contributed by atoms with Crippen LogP contribution in [0.15, 0.2) is 77.3 Å². The van der Waals surface area contributed by atoms with Crippen molar-refractivity contribution in [1.82, 2.24) is 9.88 Å². The van der Waals surface area contributed by atoms with Gasteiger partial charge in [0.15, 0.2) is 0 Å². The maximum Gasteiger partial charge on any atom is 0.254 e. The molecule has 4 aromatic rings. The number of carbonyl (C=O) groups is 1. The van der Waals surface area contributed by atoms with Gasteiger partial charge in [0, 0.05) is 41.6 Å². The number of benzene rings is 3. The predicted octanol–water partition coefficient (Wildman–Crippen LogP) is 7.06. The minimum Gasteiger partial charge on any atom is -0.366 e. The summed E-state index contributed by atoms with van der Waals surface area (Å²) in [4.78, 5) is 22.5. The molecule has 0 N–H and O–H groups in total. The van der Waals surface area contributed by atoms with Gasteiger partial charge in [-0.15, -0.1) is 0 Å². The largest absolute Gasteiger partial charge is 0.366 e. The predicted molar refractivity (Wildman–Crippen MR) is 148 cm³/mol. The Kier molecular flexibility index (Phi) is 6.56. The van der Waals surface area contributed by atoms with E-state index in [-0.39, 0.29) is 17.1 Å². The Morgan fingerprint density at radius 3 is 2.28 bits per heavy atom. The summed E-state index contributed by atoms with van der Waals surface area (Å²) < 4.78 is 15.2. The Labute approximate surface area is 219 Å². The lowest BCUT2D eigenvalue weighted by molar-refractivity contribution is 0.0748. The Morgan fingerprint density at radius 1 is 0.917 bits per heavy atom. The van der Waals surface area contributed by atoms with Crippen LogP contribution >= 0.6 is 15.9 Å². The van der Waals surface area contributed by atoms with Crippen LogP contribution in [0.1, 0.15) is 36.7 Å². The van der Waals surface area contributed by atoms with Gasteiger partial charge in [-0.3, -0.25) is 4.79 Å². The van der Waals surface area contributed by atoms with Crippen LogP contribution in [0, 0.1) is 5.82 Å². The van der Waals surface area contributed by atoms with Crippen molar-refractivity contribution in [3.63, 3.8) is 0 Å². The first-order chi connectivity index (χ1) is 17.2. The van der Waals surface area contributed by atoms with Crippen LogP contribution < -0.4 is 4.90 Å². The first-order valence-corrected chi connectivity index (χ1v) is 13.0. The van der Waals surface area contributed by atoms with Crippen LogP contribution in [0.5, 0.6) is 0 Å². The fourth-order valence-electron chi connectivity index (χ4n) is 4.69. The quantitative estimate of drug-likeness (QED) is 0.276. The van der Waals surface area contributed by atoms with Crippen LogP contribution in [-0.4, -0.2) is 42.0 Å². The van der Waals surface area contributed by atoms with Gasteiger partial charge in [-0.2, -0.15) is 0 Å². The van der Waals surface area contributed by atoms with Gasteiger partial charge in [-0.05, 0) is 47.4 Å². The normalized spacial score (nSPS) is 14.4. The molecule has 1 saturated heterocycles. The first kappa shape index (κ1) is 24.4. The standard InChI is InChI=1S/C30H29BrFN3O/c1-30(2,3)21-10-8-20(9-11-21)27-19-24(23-18-22(31)12-13-26(23)33-27)29(36)35-16-14-34(15-17-35)28-7-5-4-6-25(28)32/h4-13,18-19H,14-17H2,1-3H3. The van der Waals surface area contributed by atoms with Crippen molar-refractivity contribution in [3.05, 3.63) is 94.2 Å². The number of rotatable bonds is 3. The molecule has 1 aliphatic heterocycles. The molecule has 0 spiro atoms. The molecule has 3 aromatic carbocycles. The summed E-state index contributed by atoms with van der Waals surface area (Å²) in [7, 11) is 0. The van der Waals surface area contributed by atoms with Crippen LogP contribution in [0.25, 0.3) is 22.2 Å². The SMILES string of the molecule is CC(C)(C)c1ccc(-c2cc(C(=O)N3CCN(c4ccccc4F)CC3)c3cc(Br)ccc3n2)cc1. The highest BCUT2D eigenvalue weighted by Gasteiger charge is 2.25. The molecule has 1 amide bonds. The van der Waals surface area contributed by atoms with Gasteiger partial charge in [0.2, 0.25) is 0 Å². The molecular weight excluding hydrogens is 517 g/mol. The Morgan fingerprint density at radius 2 is 1.61 bits per heavy atom. The number of piperazine rings is 1. The smallest absolute Gasteiger partial charge is 0.254 e. The molecule has 1 aliphatic rings. The monoisotopic (exact) mass is 545 g/mol. The van der Waals surface area contributed by atoms with E-state index in [1.807, 2.05) is 40.1 Å². The maximum absolute atomic E-state index is 14.3. The lowest BCUT2D eigenvalue weighted by Crippen LogP contribution is -2.49. The highest BCUT2D eigenvalue weighted by Crippen LogP contribution is 2.30. The highest BCUT2D eigenvalue weighted by molar-refractivity contribution is 9.10. The summed E-state index contributed by atoms with van der Waals surface area (Å²) in [6.45, 7) is 8.80. The van der Waals surface area contributed by atoms with E-state index in [9.17, 15) is 9.18 Å². The van der Waals surface area contributed by atoms with E-state index in [0.29, 0.717) is 37.4 Å². The van der Waals surface area contributed by atoms with E-state index < -0.39 is 0 Å². The number of fused-ring (bicyclic) bond motifs is 1. The van der Waals surface area contributed by atoms with Crippen LogP contribution in [0.2, 0.25) is 0 Å². The third-order valence-electron chi connectivity index (χ3n) is 6.81. The number of pyridine rings is 1. The van der Waals surface area contributed by atoms with Gasteiger partial charge in [0.05, 0.1) is 22.5 Å². The number of halogens is 2. The van der Waals surface area contributed by atoms with Crippen molar-refractivity contribution in [2.45, 2.75) is 26.2 Å². The van der Waals surface area contributed by atoms with Gasteiger partial charge in [-0.25, -0.2) is 9.37 Å². The summed E-state index contributed by atoms with van der Waals surface area (Å²) in [6, 6.07) is 23.0. The molecule has 0 unspecified atom stereocenters. The van der Waals surface area contributed by atoms with E-state index in [2.05, 4.69) is 61.0 Å². The van der Waals surface area contributed by atoms with E-state index >= 15 is 0 Å². The second kappa shape index (κ2) is 9.66. The van der Waals surface area contributed by atoms with Crippen LogP contribution in [0.4, 0.5) is 10.1 Å². The number of aromatic nitrogens is 1. The second-order valence-electron chi connectivity index (χ2n) is 10.3. The van der Waals surface area contributed by atoms with Gasteiger partial charge in [0.25, 0.3) is 5.91 Å². The van der Waals surface area contributed by atoms with Crippen molar-refractivity contribution in [2.75, 3.05) is 31.1 Å². The average molecular weight is 546 g/mol. The molecule has 0 atom stereocenters. The molecule has 4 nitrogen and oxygen atoms in total. The van der Waals surface area contributed by atoms with Gasteiger partial charge in [-0.1, -0.05) is 73.1 Å². The zero-order valence-corrected chi connectivity index (χ0v) is 22.3. The molecule has 6 heteroatoms. The minimum absolute atomic E-state index is 0.0266. The second-order valence-corrected chi connectivity index (χ2v) is 11.2. The number of anilines is 1. The van der Waals surface area contributed by atoms with Crippen molar-refractivity contribution in [1.29, 1.82) is 0 Å². The van der Waals surface area contributed by atoms with Gasteiger partial charge in [0.1, 0.15) is 5.82 Å². The maximum atomic E-state index is 14.3. The molecular formula is C30H29BrFN3O. The van der Waals surface area contributed by atoms with E-state index in [1.54, 1.807) is 12.1 Å². The van der Waals surface area contributed by atoms with Gasteiger partial charge < -0.3 is 9.80 Å². The summed E-state index contributed by atoms with van der Waals surface area (Å²) in [6.07, 6.45) is 0. The molecule has 2 heterocycles.